The molecule has 4 rings (SSSR count). The van der Waals surface area contributed by atoms with E-state index in [-0.39, 0.29) is 37.3 Å². The minimum atomic E-state index is -1.47. The Balaban J connectivity index is 0.00000361. The summed E-state index contributed by atoms with van der Waals surface area (Å²) in [5, 5.41) is 29.7. The van der Waals surface area contributed by atoms with Crippen molar-refractivity contribution in [2.45, 2.75) is 64.4 Å². The van der Waals surface area contributed by atoms with Crippen LogP contribution in [0.4, 0.5) is 0 Å². The van der Waals surface area contributed by atoms with Crippen molar-refractivity contribution in [2.24, 2.45) is 0 Å². The monoisotopic (exact) mass is 518 g/mol. The van der Waals surface area contributed by atoms with Crippen LogP contribution in [0.5, 0.6) is 11.6 Å². The van der Waals surface area contributed by atoms with Crippen molar-refractivity contribution in [1.82, 2.24) is 30.4 Å². The summed E-state index contributed by atoms with van der Waals surface area (Å²) in [6.07, 6.45) is -0.115. The number of fused-ring (bicyclic) bond motifs is 1. The van der Waals surface area contributed by atoms with Gasteiger partial charge in [0.25, 0.3) is 5.56 Å². The zero-order chi connectivity index (χ0) is 25.2. The maximum Gasteiger partial charge on any atom is 0.305 e. The highest BCUT2D eigenvalue weighted by atomic mass is 32.1. The molecule has 1 aromatic carbocycles. The van der Waals surface area contributed by atoms with Gasteiger partial charge in [0.15, 0.2) is 11.9 Å². The molecule has 12 nitrogen and oxygen atoms in total. The summed E-state index contributed by atoms with van der Waals surface area (Å²) in [4.78, 5) is 23.1. The quantitative estimate of drug-likeness (QED) is 0.423. The summed E-state index contributed by atoms with van der Waals surface area (Å²) in [6, 6.07) is 8.12. The van der Waals surface area contributed by atoms with Crippen molar-refractivity contribution in [3.05, 3.63) is 46.2 Å². The van der Waals surface area contributed by atoms with E-state index in [1.165, 1.54) is 12.1 Å². The van der Waals surface area contributed by atoms with Crippen LogP contribution in [0.25, 0.3) is 11.4 Å². The molecule has 0 aliphatic carbocycles. The van der Waals surface area contributed by atoms with Crippen molar-refractivity contribution in [1.29, 1.82) is 0 Å². The lowest BCUT2D eigenvalue weighted by Crippen LogP contribution is -2.59. The number of esters is 1. The summed E-state index contributed by atoms with van der Waals surface area (Å²) in [5.41, 5.74) is -1.59. The van der Waals surface area contributed by atoms with Crippen LogP contribution in [-0.4, -0.2) is 59.3 Å². The molecule has 1 unspecified atom stereocenters. The molecular weight excluding hydrogens is 488 g/mol. The van der Waals surface area contributed by atoms with Gasteiger partial charge in [-0.2, -0.15) is 13.5 Å². The molecule has 0 saturated carbocycles. The highest BCUT2D eigenvalue weighted by molar-refractivity contribution is 7.59. The summed E-state index contributed by atoms with van der Waals surface area (Å²) in [6.45, 7) is 7.68. The minimum Gasteiger partial charge on any atom is -0.484 e. The number of hydrogen-bond donors (Lipinski definition) is 2. The van der Waals surface area contributed by atoms with Crippen molar-refractivity contribution in [2.75, 3.05) is 6.61 Å². The molecule has 2 atom stereocenters. The number of tetrazole rings is 1. The van der Waals surface area contributed by atoms with E-state index in [4.69, 9.17) is 14.2 Å². The van der Waals surface area contributed by atoms with Crippen LogP contribution in [0.15, 0.2) is 35.1 Å². The molecule has 2 N–H and O–H groups in total. The number of carbonyl (C=O) groups excluding carboxylic acids is 1. The summed E-state index contributed by atoms with van der Waals surface area (Å²) in [7, 11) is 0. The van der Waals surface area contributed by atoms with Crippen LogP contribution in [0.3, 0.4) is 0 Å². The van der Waals surface area contributed by atoms with Gasteiger partial charge in [-0.1, -0.05) is 0 Å². The summed E-state index contributed by atoms with van der Waals surface area (Å²) >= 11 is 0. The van der Waals surface area contributed by atoms with Crippen LogP contribution in [0, 0.1) is 0 Å². The number of nitrogens with zero attached hydrogens (tertiary/aromatic N) is 5. The van der Waals surface area contributed by atoms with E-state index in [2.05, 4.69) is 25.7 Å². The maximum absolute atomic E-state index is 11.6. The second-order valence-electron chi connectivity index (χ2n) is 8.90. The van der Waals surface area contributed by atoms with E-state index < -0.39 is 17.3 Å². The van der Waals surface area contributed by atoms with Crippen molar-refractivity contribution in [3.63, 3.8) is 0 Å². The van der Waals surface area contributed by atoms with Gasteiger partial charge in [-0.05, 0) is 62.7 Å². The molecule has 0 radical (unpaired) electrons. The van der Waals surface area contributed by atoms with Crippen molar-refractivity contribution < 1.29 is 24.1 Å². The molecule has 0 amide bonds. The first-order chi connectivity index (χ1) is 16.6. The van der Waals surface area contributed by atoms with E-state index in [9.17, 15) is 14.7 Å². The lowest BCUT2D eigenvalue weighted by Gasteiger charge is -2.48. The topological polar surface area (TPSA) is 154 Å². The normalized spacial score (nSPS) is 20.0. The highest BCUT2D eigenvalue weighted by Crippen LogP contribution is 2.48. The van der Waals surface area contributed by atoms with Crippen LogP contribution >= 0.6 is 13.5 Å². The molecule has 0 bridgehead atoms. The molecule has 194 valence electrons. The molecule has 13 heteroatoms. The fraction of sp³-hybridized carbons (Fsp3) is 0.478. The van der Waals surface area contributed by atoms with E-state index in [0.717, 1.165) is 0 Å². The molecule has 0 spiro atoms. The first-order valence-electron chi connectivity index (χ1n) is 11.3. The van der Waals surface area contributed by atoms with Gasteiger partial charge < -0.3 is 19.3 Å². The standard InChI is InChI=1S/C23H28N6O6.H2S/c1-5-33-19(31)7-6-12-29-21(26-27-28-29)14-8-9-16-15(13-14)20(23(4,32)22(2,3)35-16)34-18-11-10-17(30)24-25-18;/h8-11,13,20,32H,5-7,12H2,1-4H3,(H,24,30);1H2/t20?,23-;/m0./s1. The number of ether oxygens (including phenoxy) is 3. The molecule has 1 aliphatic heterocycles. The average molecular weight is 519 g/mol. The Hall–Kier alpha value is -3.45. The number of H-pyrrole nitrogens is 1. The smallest absolute Gasteiger partial charge is 0.305 e. The lowest BCUT2D eigenvalue weighted by atomic mass is 9.76. The highest BCUT2D eigenvalue weighted by Gasteiger charge is 2.54. The molecule has 3 aromatic rings. The molecule has 3 heterocycles. The fourth-order valence-electron chi connectivity index (χ4n) is 3.85. The third-order valence-corrected chi connectivity index (χ3v) is 6.13. The van der Waals surface area contributed by atoms with E-state index >= 15 is 0 Å². The second-order valence-corrected chi connectivity index (χ2v) is 8.90. The first kappa shape index (κ1) is 27.1. The molecule has 2 aromatic heterocycles. The van der Waals surface area contributed by atoms with Gasteiger partial charge >= 0.3 is 5.97 Å². The third-order valence-electron chi connectivity index (χ3n) is 6.13. The zero-order valence-electron chi connectivity index (χ0n) is 20.5. The Morgan fingerprint density at radius 3 is 2.72 bits per heavy atom. The number of benzene rings is 1. The molecule has 36 heavy (non-hydrogen) atoms. The Bertz CT molecular complexity index is 1250. The number of hydrogen-bond acceptors (Lipinski definition) is 10. The number of rotatable bonds is 8. The van der Waals surface area contributed by atoms with Crippen LogP contribution in [0.1, 0.15) is 52.2 Å². The third kappa shape index (κ3) is 5.36. The number of carbonyl (C=O) groups is 1. The lowest BCUT2D eigenvalue weighted by molar-refractivity contribution is -0.175. The van der Waals surface area contributed by atoms with Gasteiger partial charge in [0.1, 0.15) is 17.0 Å². The summed E-state index contributed by atoms with van der Waals surface area (Å²) in [5.74, 6) is 0.893. The molecule has 1 aliphatic rings. The van der Waals surface area contributed by atoms with Crippen LogP contribution in [0.2, 0.25) is 0 Å². The van der Waals surface area contributed by atoms with Crippen molar-refractivity contribution in [3.8, 4) is 23.0 Å². The number of aromatic nitrogens is 6. The Morgan fingerprint density at radius 1 is 1.25 bits per heavy atom. The fourth-order valence-corrected chi connectivity index (χ4v) is 3.85. The SMILES string of the molecule is CCOC(=O)CCCn1nnnc1-c1ccc2c(c1)C(Oc1ccc(=O)[nH]n1)[C@](C)(O)C(C)(C)O2.S. The van der Waals surface area contributed by atoms with E-state index in [1.807, 2.05) is 6.07 Å². The van der Waals surface area contributed by atoms with Gasteiger partial charge in [-0.15, -0.1) is 10.2 Å². The molecular formula is C23H30N6O6S. The minimum absolute atomic E-state index is 0. The predicted molar refractivity (Wildman–Crippen MR) is 133 cm³/mol. The van der Waals surface area contributed by atoms with Gasteiger partial charge in [-0.25, -0.2) is 9.78 Å². The Labute approximate surface area is 214 Å². The molecule has 0 saturated heterocycles. The van der Waals surface area contributed by atoms with Gasteiger partial charge in [0, 0.05) is 36.2 Å². The number of aryl methyl sites for hydroxylation is 1. The number of aliphatic hydroxyl groups is 1. The largest absolute Gasteiger partial charge is 0.484 e. The van der Waals surface area contributed by atoms with Crippen molar-refractivity contribution >= 4 is 19.5 Å². The predicted octanol–water partition coefficient (Wildman–Crippen LogP) is 1.92. The Kier molecular flexibility index (Phi) is 8.04. The number of nitrogens with one attached hydrogen (secondary N) is 1. The zero-order valence-corrected chi connectivity index (χ0v) is 21.5. The molecule has 0 fully saturated rings. The number of aromatic amines is 1. The van der Waals surface area contributed by atoms with E-state index in [1.54, 1.807) is 44.5 Å². The van der Waals surface area contributed by atoms with Crippen LogP contribution < -0.4 is 15.0 Å². The van der Waals surface area contributed by atoms with Crippen LogP contribution in [-0.2, 0) is 16.1 Å². The van der Waals surface area contributed by atoms with Gasteiger partial charge in [0.05, 0.1) is 6.61 Å². The van der Waals surface area contributed by atoms with E-state index in [0.29, 0.717) is 42.3 Å². The van der Waals surface area contributed by atoms with Gasteiger partial charge in [0.2, 0.25) is 5.88 Å². The van der Waals surface area contributed by atoms with Gasteiger partial charge in [-0.3, -0.25) is 9.59 Å². The second kappa shape index (κ2) is 10.7. The summed E-state index contributed by atoms with van der Waals surface area (Å²) < 4.78 is 18.8. The average Bonchev–Trinajstić information content (AvgIpc) is 3.27. The first-order valence-corrected chi connectivity index (χ1v) is 11.3. The maximum atomic E-state index is 11.6. The Morgan fingerprint density at radius 2 is 2.03 bits per heavy atom.